The minimum Gasteiger partial charge on any atom is -0.374 e. The zero-order chi connectivity index (χ0) is 12.3. The summed E-state index contributed by atoms with van der Waals surface area (Å²) in [5.41, 5.74) is 5.97. The molecule has 0 radical (unpaired) electrons. The summed E-state index contributed by atoms with van der Waals surface area (Å²) in [6, 6.07) is 0.945. The molecule has 2 rings (SSSR count). The molecule has 1 heterocycles. The Bertz CT molecular complexity index is 232. The van der Waals surface area contributed by atoms with Crippen LogP contribution in [-0.2, 0) is 4.74 Å². The van der Waals surface area contributed by atoms with Gasteiger partial charge in [0.15, 0.2) is 0 Å². The van der Waals surface area contributed by atoms with Gasteiger partial charge in [-0.2, -0.15) is 0 Å². The van der Waals surface area contributed by atoms with Crippen LogP contribution in [0.5, 0.6) is 0 Å². The monoisotopic (exact) mass is 240 g/mol. The number of ether oxygens (including phenoxy) is 1. The van der Waals surface area contributed by atoms with Crippen molar-refractivity contribution < 1.29 is 4.74 Å². The Morgan fingerprint density at radius 1 is 1.35 bits per heavy atom. The lowest BCUT2D eigenvalue weighted by atomic mass is 9.81. The molecular formula is C14H28N2O. The van der Waals surface area contributed by atoms with Gasteiger partial charge in [-0.3, -0.25) is 4.90 Å². The van der Waals surface area contributed by atoms with E-state index < -0.39 is 0 Å². The zero-order valence-electron chi connectivity index (χ0n) is 11.4. The van der Waals surface area contributed by atoms with Crippen molar-refractivity contribution in [1.82, 2.24) is 4.90 Å². The fraction of sp³-hybridized carbons (Fsp3) is 1.00. The molecule has 0 amide bonds. The Morgan fingerprint density at radius 2 is 2.12 bits per heavy atom. The van der Waals surface area contributed by atoms with E-state index in [2.05, 4.69) is 18.7 Å². The summed E-state index contributed by atoms with van der Waals surface area (Å²) >= 11 is 0. The molecule has 0 spiro atoms. The van der Waals surface area contributed by atoms with Gasteiger partial charge in [-0.05, 0) is 25.7 Å². The standard InChI is InChI=1S/C14H28N2O/c1-3-12-6-4-5-7-13(12)16-8-9-17-14(10-16)11(2)15/h11-14H,3-10,15H2,1-2H3. The third-order valence-electron chi connectivity index (χ3n) is 4.57. The highest BCUT2D eigenvalue weighted by molar-refractivity contribution is 4.87. The van der Waals surface area contributed by atoms with Gasteiger partial charge in [0, 0.05) is 25.2 Å². The molecule has 1 aliphatic heterocycles. The van der Waals surface area contributed by atoms with E-state index in [4.69, 9.17) is 10.5 Å². The molecule has 17 heavy (non-hydrogen) atoms. The van der Waals surface area contributed by atoms with E-state index in [1.54, 1.807) is 0 Å². The fourth-order valence-corrected chi connectivity index (χ4v) is 3.46. The third kappa shape index (κ3) is 3.21. The second kappa shape index (κ2) is 6.17. The molecule has 4 unspecified atom stereocenters. The van der Waals surface area contributed by atoms with Crippen LogP contribution in [0.15, 0.2) is 0 Å². The SMILES string of the molecule is CCC1CCCCC1N1CCOC(C(C)N)C1. The molecule has 1 aliphatic carbocycles. The van der Waals surface area contributed by atoms with E-state index in [0.29, 0.717) is 0 Å². The largest absolute Gasteiger partial charge is 0.374 e. The normalized spacial score (nSPS) is 37.9. The van der Waals surface area contributed by atoms with Gasteiger partial charge in [-0.1, -0.05) is 26.2 Å². The number of nitrogens with two attached hydrogens (primary N) is 1. The van der Waals surface area contributed by atoms with Crippen molar-refractivity contribution in [1.29, 1.82) is 0 Å². The summed E-state index contributed by atoms with van der Waals surface area (Å²) < 4.78 is 5.76. The minimum absolute atomic E-state index is 0.154. The van der Waals surface area contributed by atoms with Gasteiger partial charge >= 0.3 is 0 Å². The van der Waals surface area contributed by atoms with Gasteiger partial charge in [0.2, 0.25) is 0 Å². The van der Waals surface area contributed by atoms with Gasteiger partial charge in [0.1, 0.15) is 0 Å². The van der Waals surface area contributed by atoms with Crippen LogP contribution in [-0.4, -0.2) is 42.8 Å². The second-order valence-electron chi connectivity index (χ2n) is 5.78. The first-order valence-corrected chi connectivity index (χ1v) is 7.33. The molecule has 0 aromatic carbocycles. The predicted molar refractivity (Wildman–Crippen MR) is 71.0 cm³/mol. The van der Waals surface area contributed by atoms with Crippen molar-refractivity contribution in [3.05, 3.63) is 0 Å². The zero-order valence-corrected chi connectivity index (χ0v) is 11.4. The summed E-state index contributed by atoms with van der Waals surface area (Å²) in [4.78, 5) is 2.66. The molecule has 1 saturated heterocycles. The van der Waals surface area contributed by atoms with Gasteiger partial charge < -0.3 is 10.5 Å². The average molecular weight is 240 g/mol. The molecule has 1 saturated carbocycles. The summed E-state index contributed by atoms with van der Waals surface area (Å²) in [6.07, 6.45) is 7.19. The Hall–Kier alpha value is -0.120. The maximum Gasteiger partial charge on any atom is 0.0850 e. The fourth-order valence-electron chi connectivity index (χ4n) is 3.46. The Balaban J connectivity index is 1.95. The van der Waals surface area contributed by atoms with Crippen LogP contribution in [0.25, 0.3) is 0 Å². The minimum atomic E-state index is 0.154. The maximum absolute atomic E-state index is 5.97. The number of rotatable bonds is 3. The number of morpholine rings is 1. The highest BCUT2D eigenvalue weighted by Gasteiger charge is 2.33. The average Bonchev–Trinajstić information content (AvgIpc) is 2.39. The topological polar surface area (TPSA) is 38.5 Å². The first kappa shape index (κ1) is 13.3. The van der Waals surface area contributed by atoms with E-state index in [1.807, 2.05) is 0 Å². The van der Waals surface area contributed by atoms with Crippen molar-refractivity contribution in [3.8, 4) is 0 Å². The van der Waals surface area contributed by atoms with Gasteiger partial charge in [-0.25, -0.2) is 0 Å². The number of hydrogen-bond acceptors (Lipinski definition) is 3. The summed E-state index contributed by atoms with van der Waals surface area (Å²) in [7, 11) is 0. The van der Waals surface area contributed by atoms with E-state index in [-0.39, 0.29) is 12.1 Å². The smallest absolute Gasteiger partial charge is 0.0850 e. The summed E-state index contributed by atoms with van der Waals surface area (Å²) in [5.74, 6) is 0.899. The Kier molecular flexibility index (Phi) is 4.83. The second-order valence-corrected chi connectivity index (χ2v) is 5.78. The molecule has 2 fully saturated rings. The predicted octanol–water partition coefficient (Wildman–Crippen LogP) is 2.00. The molecule has 0 aromatic heterocycles. The summed E-state index contributed by atoms with van der Waals surface area (Å²) in [6.45, 7) is 7.40. The molecule has 0 bridgehead atoms. The lowest BCUT2D eigenvalue weighted by Crippen LogP contribution is -2.54. The molecule has 2 aliphatic rings. The number of hydrogen-bond donors (Lipinski definition) is 1. The van der Waals surface area contributed by atoms with Crippen molar-refractivity contribution >= 4 is 0 Å². The van der Waals surface area contributed by atoms with Crippen molar-refractivity contribution in [2.24, 2.45) is 11.7 Å². The van der Waals surface area contributed by atoms with E-state index in [9.17, 15) is 0 Å². The van der Waals surface area contributed by atoms with E-state index in [0.717, 1.165) is 31.7 Å². The molecule has 4 atom stereocenters. The van der Waals surface area contributed by atoms with Crippen molar-refractivity contribution in [2.75, 3.05) is 19.7 Å². The molecule has 3 heteroatoms. The third-order valence-corrected chi connectivity index (χ3v) is 4.57. The lowest BCUT2D eigenvalue weighted by Gasteiger charge is -2.44. The highest BCUT2D eigenvalue weighted by atomic mass is 16.5. The number of nitrogens with zero attached hydrogens (tertiary/aromatic N) is 1. The van der Waals surface area contributed by atoms with Gasteiger partial charge in [0.05, 0.1) is 12.7 Å². The van der Waals surface area contributed by atoms with Crippen molar-refractivity contribution in [2.45, 2.75) is 64.1 Å². The van der Waals surface area contributed by atoms with Crippen LogP contribution < -0.4 is 5.73 Å². The van der Waals surface area contributed by atoms with Crippen LogP contribution in [0.2, 0.25) is 0 Å². The van der Waals surface area contributed by atoms with Crippen LogP contribution in [0, 0.1) is 5.92 Å². The molecular weight excluding hydrogens is 212 g/mol. The van der Waals surface area contributed by atoms with E-state index >= 15 is 0 Å². The molecule has 2 N–H and O–H groups in total. The molecule has 100 valence electrons. The summed E-state index contributed by atoms with van der Waals surface area (Å²) in [5, 5.41) is 0. The molecule has 3 nitrogen and oxygen atoms in total. The Morgan fingerprint density at radius 3 is 2.82 bits per heavy atom. The van der Waals surface area contributed by atoms with Crippen LogP contribution >= 0.6 is 0 Å². The van der Waals surface area contributed by atoms with E-state index in [1.165, 1.54) is 32.1 Å². The first-order chi connectivity index (χ1) is 8.22. The lowest BCUT2D eigenvalue weighted by molar-refractivity contribution is -0.0653. The van der Waals surface area contributed by atoms with Crippen LogP contribution in [0.1, 0.15) is 46.0 Å². The van der Waals surface area contributed by atoms with Gasteiger partial charge in [0.25, 0.3) is 0 Å². The Labute approximate surface area is 106 Å². The van der Waals surface area contributed by atoms with Gasteiger partial charge in [-0.15, -0.1) is 0 Å². The van der Waals surface area contributed by atoms with Crippen LogP contribution in [0.4, 0.5) is 0 Å². The highest BCUT2D eigenvalue weighted by Crippen LogP contribution is 2.31. The quantitative estimate of drug-likeness (QED) is 0.820. The maximum atomic E-state index is 5.97. The first-order valence-electron chi connectivity index (χ1n) is 7.33. The van der Waals surface area contributed by atoms with Crippen molar-refractivity contribution in [3.63, 3.8) is 0 Å². The molecule has 0 aromatic rings. The van der Waals surface area contributed by atoms with Crippen LogP contribution in [0.3, 0.4) is 0 Å².